The molecule has 132 valence electrons. The van der Waals surface area contributed by atoms with E-state index < -0.39 is 28.3 Å². The van der Waals surface area contributed by atoms with Crippen molar-refractivity contribution in [2.75, 3.05) is 0 Å². The van der Waals surface area contributed by atoms with Crippen LogP contribution in [0.3, 0.4) is 0 Å². The molecule has 0 nitrogen and oxygen atoms in total. The van der Waals surface area contributed by atoms with Gasteiger partial charge in [-0.3, -0.25) is 0 Å². The molecule has 3 aromatic rings. The summed E-state index contributed by atoms with van der Waals surface area (Å²) in [5.74, 6) is -3.16. The van der Waals surface area contributed by atoms with Crippen LogP contribution in [-0.4, -0.2) is 0 Å². The van der Waals surface area contributed by atoms with E-state index in [1.807, 2.05) is 6.92 Å². The van der Waals surface area contributed by atoms with Crippen LogP contribution < -0.4 is 0 Å². The van der Waals surface area contributed by atoms with Crippen molar-refractivity contribution in [3.05, 3.63) is 88.5 Å². The number of allylic oxidation sites excluding steroid dienone is 1. The van der Waals surface area contributed by atoms with Crippen LogP contribution in [-0.2, 0) is 0 Å². The van der Waals surface area contributed by atoms with Crippen LogP contribution in [0.25, 0.3) is 28.3 Å². The normalized spacial score (nSPS) is 11.3. The topological polar surface area (TPSA) is 0 Å². The van der Waals surface area contributed by atoms with Gasteiger partial charge in [0.05, 0.1) is 0 Å². The first kappa shape index (κ1) is 18.2. The summed E-state index contributed by atoms with van der Waals surface area (Å²) in [5, 5.41) is -0.644. The third-order valence-corrected chi connectivity index (χ3v) is 4.29. The largest absolute Gasteiger partial charge is 0.206 e. The van der Waals surface area contributed by atoms with Crippen molar-refractivity contribution in [2.45, 2.75) is 6.92 Å². The van der Waals surface area contributed by atoms with E-state index in [1.54, 1.807) is 24.3 Å². The molecule has 5 heteroatoms. The van der Waals surface area contributed by atoms with Gasteiger partial charge in [0.2, 0.25) is 0 Å². The van der Waals surface area contributed by atoms with Gasteiger partial charge in [0.25, 0.3) is 0 Å². The average Bonchev–Trinajstić information content (AvgIpc) is 2.59. The van der Waals surface area contributed by atoms with Crippen LogP contribution in [0, 0.1) is 23.3 Å². The van der Waals surface area contributed by atoms with E-state index in [9.17, 15) is 17.6 Å². The van der Waals surface area contributed by atoms with Gasteiger partial charge in [-0.15, -0.1) is 0 Å². The van der Waals surface area contributed by atoms with Gasteiger partial charge in [-0.1, -0.05) is 48.0 Å². The molecular formula is C21H13ClF4. The monoisotopic (exact) mass is 376 g/mol. The van der Waals surface area contributed by atoms with E-state index in [4.69, 9.17) is 11.6 Å². The van der Waals surface area contributed by atoms with Crippen molar-refractivity contribution in [1.82, 2.24) is 0 Å². The fourth-order valence-electron chi connectivity index (χ4n) is 2.69. The first-order valence-electron chi connectivity index (χ1n) is 7.78. The second-order valence-corrected chi connectivity index (χ2v) is 6.07. The molecule has 0 bridgehead atoms. The Morgan fingerprint density at radius 2 is 1.23 bits per heavy atom. The predicted molar refractivity (Wildman–Crippen MR) is 96.9 cm³/mol. The Balaban J connectivity index is 2.03. The molecule has 26 heavy (non-hydrogen) atoms. The minimum Gasteiger partial charge on any atom is -0.206 e. The number of halogens is 5. The molecule has 3 aromatic carbocycles. The lowest BCUT2D eigenvalue weighted by molar-refractivity contribution is 0.584. The first-order chi connectivity index (χ1) is 12.4. The summed E-state index contributed by atoms with van der Waals surface area (Å²) in [6.45, 7) is 1.82. The minimum atomic E-state index is -0.976. The Bertz CT molecular complexity index is 986. The number of rotatable bonds is 3. The smallest absolute Gasteiger partial charge is 0.145 e. The molecular weight excluding hydrogens is 364 g/mol. The third kappa shape index (κ3) is 3.51. The molecule has 0 spiro atoms. The summed E-state index contributed by atoms with van der Waals surface area (Å²) in [4.78, 5) is 0. The zero-order valence-electron chi connectivity index (χ0n) is 13.7. The van der Waals surface area contributed by atoms with Crippen molar-refractivity contribution in [2.24, 2.45) is 0 Å². The molecule has 0 aliphatic carbocycles. The van der Waals surface area contributed by atoms with Crippen molar-refractivity contribution in [1.29, 1.82) is 0 Å². The summed E-state index contributed by atoms with van der Waals surface area (Å²) < 4.78 is 56.0. The first-order valence-corrected chi connectivity index (χ1v) is 8.15. The van der Waals surface area contributed by atoms with Gasteiger partial charge >= 0.3 is 0 Å². The molecule has 0 N–H and O–H groups in total. The van der Waals surface area contributed by atoms with Crippen molar-refractivity contribution in [3.8, 4) is 22.3 Å². The van der Waals surface area contributed by atoms with E-state index in [-0.39, 0.29) is 16.7 Å². The maximum Gasteiger partial charge on any atom is 0.145 e. The Hall–Kier alpha value is -2.59. The highest BCUT2D eigenvalue weighted by molar-refractivity contribution is 6.31. The maximum absolute atomic E-state index is 14.5. The molecule has 3 rings (SSSR count). The van der Waals surface area contributed by atoms with E-state index in [1.165, 1.54) is 18.2 Å². The van der Waals surface area contributed by atoms with Crippen LogP contribution in [0.5, 0.6) is 0 Å². The van der Waals surface area contributed by atoms with Crippen molar-refractivity contribution in [3.63, 3.8) is 0 Å². The summed E-state index contributed by atoms with van der Waals surface area (Å²) >= 11 is 5.44. The van der Waals surface area contributed by atoms with Gasteiger partial charge in [0.1, 0.15) is 28.3 Å². The average molecular weight is 377 g/mol. The van der Waals surface area contributed by atoms with E-state index in [2.05, 4.69) is 0 Å². The zero-order valence-corrected chi connectivity index (χ0v) is 14.4. The van der Waals surface area contributed by atoms with Crippen LogP contribution in [0.1, 0.15) is 12.5 Å². The van der Waals surface area contributed by atoms with Crippen molar-refractivity contribution >= 4 is 17.7 Å². The predicted octanol–water partition coefficient (Wildman–Crippen LogP) is 7.26. The lowest BCUT2D eigenvalue weighted by atomic mass is 9.98. The zero-order chi connectivity index (χ0) is 18.8. The summed E-state index contributed by atoms with van der Waals surface area (Å²) in [6, 6.07) is 10.5. The van der Waals surface area contributed by atoms with E-state index in [0.717, 1.165) is 18.2 Å². The molecule has 0 saturated carbocycles. The molecule has 0 aliphatic rings. The number of hydrogen-bond acceptors (Lipinski definition) is 0. The highest BCUT2D eigenvalue weighted by Gasteiger charge is 2.14. The SMILES string of the molecule is CC=Cc1ccc(-c2ccc(-c3cc(F)c(Cl)c(F)c3)c(F)c2)c(F)c1. The molecule has 0 heterocycles. The maximum atomic E-state index is 14.5. The second-order valence-electron chi connectivity index (χ2n) is 5.69. The van der Waals surface area contributed by atoms with Crippen LogP contribution in [0.4, 0.5) is 17.6 Å². The number of benzene rings is 3. The third-order valence-electron chi connectivity index (χ3n) is 3.93. The van der Waals surface area contributed by atoms with Gasteiger partial charge < -0.3 is 0 Å². The molecule has 0 radical (unpaired) electrons. The number of hydrogen-bond donors (Lipinski definition) is 0. The Labute approximate surface area is 153 Å². The Kier molecular flexibility index (Phi) is 5.14. The molecule has 0 aliphatic heterocycles. The Morgan fingerprint density at radius 1 is 0.692 bits per heavy atom. The summed E-state index contributed by atoms with van der Waals surface area (Å²) in [7, 11) is 0. The van der Waals surface area contributed by atoms with Gasteiger partial charge in [-0.05, 0) is 47.9 Å². The summed E-state index contributed by atoms with van der Waals surface area (Å²) in [5.41, 5.74) is 1.26. The van der Waals surface area contributed by atoms with Crippen molar-refractivity contribution < 1.29 is 17.6 Å². The second kappa shape index (κ2) is 7.34. The molecule has 0 atom stereocenters. The van der Waals surface area contributed by atoms with Gasteiger partial charge in [-0.2, -0.15) is 0 Å². The highest BCUT2D eigenvalue weighted by atomic mass is 35.5. The summed E-state index contributed by atoms with van der Waals surface area (Å²) in [6.07, 6.45) is 3.54. The fraction of sp³-hybridized carbons (Fsp3) is 0.0476. The van der Waals surface area contributed by atoms with E-state index >= 15 is 0 Å². The highest BCUT2D eigenvalue weighted by Crippen LogP contribution is 2.32. The molecule has 0 aromatic heterocycles. The quantitative estimate of drug-likeness (QED) is 0.333. The molecule has 0 saturated heterocycles. The molecule has 0 amide bonds. The molecule has 0 fully saturated rings. The molecule has 0 unspecified atom stereocenters. The van der Waals surface area contributed by atoms with Crippen LogP contribution in [0.15, 0.2) is 54.6 Å². The fourth-order valence-corrected chi connectivity index (χ4v) is 2.80. The van der Waals surface area contributed by atoms with Gasteiger partial charge in [0.15, 0.2) is 0 Å². The van der Waals surface area contributed by atoms with Crippen LogP contribution >= 0.6 is 11.6 Å². The van der Waals surface area contributed by atoms with Crippen LogP contribution in [0.2, 0.25) is 5.02 Å². The van der Waals surface area contributed by atoms with Gasteiger partial charge in [-0.25, -0.2) is 17.6 Å². The lowest BCUT2D eigenvalue weighted by Gasteiger charge is -2.09. The van der Waals surface area contributed by atoms with Gasteiger partial charge in [0, 0.05) is 11.1 Å². The lowest BCUT2D eigenvalue weighted by Crippen LogP contribution is -1.92. The standard InChI is InChI=1S/C21H13ClF4/c1-2-3-12-4-6-15(17(23)8-12)13-5-7-16(18(24)9-13)14-10-19(25)21(22)20(26)11-14/h2-11H,1H3. The van der Waals surface area contributed by atoms with E-state index in [0.29, 0.717) is 11.1 Å². The Morgan fingerprint density at radius 3 is 1.81 bits per heavy atom. The minimum absolute atomic E-state index is 0.00541.